The lowest BCUT2D eigenvalue weighted by Gasteiger charge is -2.15. The second-order valence-corrected chi connectivity index (χ2v) is 5.39. The van der Waals surface area contributed by atoms with Gasteiger partial charge in [0, 0.05) is 5.39 Å². The van der Waals surface area contributed by atoms with Gasteiger partial charge in [-0.1, -0.05) is 48.6 Å². The Bertz CT molecular complexity index is 643. The topological polar surface area (TPSA) is 52.3 Å². The van der Waals surface area contributed by atoms with E-state index in [0.29, 0.717) is 6.61 Å². The third-order valence-corrected chi connectivity index (χ3v) is 3.75. The van der Waals surface area contributed by atoms with E-state index in [1.165, 1.54) is 0 Å². The zero-order valence-electron chi connectivity index (χ0n) is 13.0. The molecule has 0 spiro atoms. The average molecular weight is 297 g/mol. The third kappa shape index (κ3) is 4.35. The summed E-state index contributed by atoms with van der Waals surface area (Å²) in [7, 11) is 0. The van der Waals surface area contributed by atoms with Crippen molar-refractivity contribution in [2.45, 2.75) is 26.2 Å². The lowest BCUT2D eigenvalue weighted by atomic mass is 10.0. The number of hydrogen-bond acceptors (Lipinski definition) is 2. The lowest BCUT2D eigenvalue weighted by Crippen LogP contribution is -2.28. The summed E-state index contributed by atoms with van der Waals surface area (Å²) in [5.41, 5.74) is 5.49. The zero-order valence-corrected chi connectivity index (χ0v) is 13.0. The van der Waals surface area contributed by atoms with Crippen LogP contribution in [0.3, 0.4) is 0 Å². The van der Waals surface area contributed by atoms with Crippen LogP contribution in [0.2, 0.25) is 0 Å². The second kappa shape index (κ2) is 8.23. The molecule has 0 aliphatic rings. The number of rotatable bonds is 8. The quantitative estimate of drug-likeness (QED) is 0.590. The fourth-order valence-electron chi connectivity index (χ4n) is 2.47. The van der Waals surface area contributed by atoms with Gasteiger partial charge >= 0.3 is 0 Å². The first-order valence-electron chi connectivity index (χ1n) is 7.73. The maximum absolute atomic E-state index is 11.6. The lowest BCUT2D eigenvalue weighted by molar-refractivity contribution is -0.122. The van der Waals surface area contributed by atoms with E-state index in [-0.39, 0.29) is 11.8 Å². The molecule has 3 nitrogen and oxygen atoms in total. The third-order valence-electron chi connectivity index (χ3n) is 3.75. The molecule has 116 valence electrons. The molecule has 1 unspecified atom stereocenters. The first kappa shape index (κ1) is 16.1. The van der Waals surface area contributed by atoms with Crippen LogP contribution in [0.1, 0.15) is 26.2 Å². The van der Waals surface area contributed by atoms with Crippen molar-refractivity contribution in [3.8, 4) is 5.75 Å². The highest BCUT2D eigenvalue weighted by atomic mass is 16.5. The van der Waals surface area contributed by atoms with Crippen molar-refractivity contribution < 1.29 is 9.53 Å². The minimum Gasteiger partial charge on any atom is -0.492 e. The molecule has 0 saturated heterocycles. The summed E-state index contributed by atoms with van der Waals surface area (Å²) in [6, 6.07) is 14.0. The van der Waals surface area contributed by atoms with Crippen molar-refractivity contribution in [2.75, 3.05) is 6.61 Å². The van der Waals surface area contributed by atoms with Crippen LogP contribution in [0, 0.1) is 5.92 Å². The molecule has 0 heterocycles. The number of nitrogens with two attached hydrogens (primary N) is 1. The molecule has 22 heavy (non-hydrogen) atoms. The SMILES string of the molecule is CC=CCCCC(COc1cccc2ccccc12)C(N)=O. The molecule has 2 aromatic carbocycles. The highest BCUT2D eigenvalue weighted by molar-refractivity contribution is 5.88. The van der Waals surface area contributed by atoms with Crippen LogP contribution in [0.5, 0.6) is 5.75 Å². The number of fused-ring (bicyclic) bond motifs is 1. The zero-order chi connectivity index (χ0) is 15.8. The Labute approximate surface area is 131 Å². The number of amides is 1. The number of hydrogen-bond donors (Lipinski definition) is 1. The molecule has 1 atom stereocenters. The Morgan fingerprint density at radius 2 is 2.00 bits per heavy atom. The molecule has 0 saturated carbocycles. The number of unbranched alkanes of at least 4 members (excludes halogenated alkanes) is 1. The summed E-state index contributed by atoms with van der Waals surface area (Å²) in [4.78, 5) is 11.6. The Kier molecular flexibility index (Phi) is 6.01. The average Bonchev–Trinajstić information content (AvgIpc) is 2.54. The van der Waals surface area contributed by atoms with Gasteiger partial charge in [0.15, 0.2) is 0 Å². The summed E-state index contributed by atoms with van der Waals surface area (Å²) >= 11 is 0. The van der Waals surface area contributed by atoms with E-state index >= 15 is 0 Å². The van der Waals surface area contributed by atoms with Crippen LogP contribution in [-0.2, 0) is 4.79 Å². The summed E-state index contributed by atoms with van der Waals surface area (Å²) in [6.45, 7) is 2.33. The molecule has 2 aromatic rings. The van der Waals surface area contributed by atoms with Crippen LogP contribution >= 0.6 is 0 Å². The Balaban J connectivity index is 2.00. The molecule has 0 fully saturated rings. The summed E-state index contributed by atoms with van der Waals surface area (Å²) in [5.74, 6) is 0.266. The van der Waals surface area contributed by atoms with Crippen molar-refractivity contribution in [1.82, 2.24) is 0 Å². The number of primary amides is 1. The van der Waals surface area contributed by atoms with Gasteiger partial charge in [0.05, 0.1) is 12.5 Å². The second-order valence-electron chi connectivity index (χ2n) is 5.39. The molecule has 0 aliphatic carbocycles. The molecule has 0 radical (unpaired) electrons. The Morgan fingerprint density at radius 3 is 2.77 bits per heavy atom. The molecule has 0 bridgehead atoms. The van der Waals surface area contributed by atoms with E-state index < -0.39 is 0 Å². The van der Waals surface area contributed by atoms with Crippen LogP contribution in [0.4, 0.5) is 0 Å². The van der Waals surface area contributed by atoms with E-state index in [1.54, 1.807) is 0 Å². The smallest absolute Gasteiger partial charge is 0.223 e. The van der Waals surface area contributed by atoms with Gasteiger partial charge in [0.2, 0.25) is 5.91 Å². The van der Waals surface area contributed by atoms with Crippen molar-refractivity contribution in [1.29, 1.82) is 0 Å². The van der Waals surface area contributed by atoms with Crippen molar-refractivity contribution in [2.24, 2.45) is 11.7 Å². The van der Waals surface area contributed by atoms with Gasteiger partial charge < -0.3 is 10.5 Å². The molecule has 2 N–H and O–H groups in total. The predicted molar refractivity (Wildman–Crippen MR) is 90.8 cm³/mol. The fourth-order valence-corrected chi connectivity index (χ4v) is 2.47. The summed E-state index contributed by atoms with van der Waals surface area (Å²) in [5, 5.41) is 2.19. The maximum atomic E-state index is 11.6. The molecule has 1 amide bonds. The number of allylic oxidation sites excluding steroid dienone is 2. The Morgan fingerprint density at radius 1 is 1.23 bits per heavy atom. The number of benzene rings is 2. The molecule has 0 aliphatic heterocycles. The van der Waals surface area contributed by atoms with Gasteiger partial charge in [-0.25, -0.2) is 0 Å². The largest absolute Gasteiger partial charge is 0.492 e. The number of carbonyl (C=O) groups is 1. The first-order valence-corrected chi connectivity index (χ1v) is 7.73. The fraction of sp³-hybridized carbons (Fsp3) is 0.316. The number of carbonyl (C=O) groups excluding carboxylic acids is 1. The monoisotopic (exact) mass is 297 g/mol. The van der Waals surface area contributed by atoms with Gasteiger partial charge in [-0.3, -0.25) is 4.79 Å². The highest BCUT2D eigenvalue weighted by Crippen LogP contribution is 2.26. The van der Waals surface area contributed by atoms with Gasteiger partial charge in [-0.2, -0.15) is 0 Å². The predicted octanol–water partition coefficient (Wildman–Crippen LogP) is 4.07. The number of ether oxygens (including phenoxy) is 1. The molecule has 3 heteroatoms. The van der Waals surface area contributed by atoms with Crippen LogP contribution in [0.25, 0.3) is 10.8 Å². The molecular formula is C19H23NO2. The molecule has 0 aromatic heterocycles. The van der Waals surface area contributed by atoms with Gasteiger partial charge in [0.1, 0.15) is 5.75 Å². The van der Waals surface area contributed by atoms with E-state index in [4.69, 9.17) is 10.5 Å². The van der Waals surface area contributed by atoms with Gasteiger partial charge in [0.25, 0.3) is 0 Å². The normalized spacial score (nSPS) is 12.6. The maximum Gasteiger partial charge on any atom is 0.223 e. The van der Waals surface area contributed by atoms with Crippen molar-refractivity contribution >= 4 is 16.7 Å². The molecular weight excluding hydrogens is 274 g/mol. The van der Waals surface area contributed by atoms with Crippen LogP contribution in [0.15, 0.2) is 54.6 Å². The van der Waals surface area contributed by atoms with Gasteiger partial charge in [-0.15, -0.1) is 0 Å². The van der Waals surface area contributed by atoms with E-state index in [0.717, 1.165) is 35.8 Å². The van der Waals surface area contributed by atoms with Crippen molar-refractivity contribution in [3.05, 3.63) is 54.6 Å². The van der Waals surface area contributed by atoms with Gasteiger partial charge in [-0.05, 0) is 37.6 Å². The van der Waals surface area contributed by atoms with Crippen LogP contribution < -0.4 is 10.5 Å². The minimum absolute atomic E-state index is 0.246. The minimum atomic E-state index is -0.291. The van der Waals surface area contributed by atoms with Crippen LogP contribution in [-0.4, -0.2) is 12.5 Å². The Hall–Kier alpha value is -2.29. The highest BCUT2D eigenvalue weighted by Gasteiger charge is 2.16. The first-order chi connectivity index (χ1) is 10.7. The molecule has 2 rings (SSSR count). The van der Waals surface area contributed by atoms with E-state index in [1.807, 2.05) is 55.5 Å². The van der Waals surface area contributed by atoms with E-state index in [2.05, 4.69) is 6.08 Å². The van der Waals surface area contributed by atoms with Crippen molar-refractivity contribution in [3.63, 3.8) is 0 Å². The standard InChI is InChI=1S/C19H23NO2/c1-2-3-4-5-10-16(19(20)21)14-22-18-13-8-11-15-9-6-7-12-17(15)18/h2-3,6-9,11-13,16H,4-5,10,14H2,1H3,(H2,20,21). The summed E-state index contributed by atoms with van der Waals surface area (Å²) < 4.78 is 5.88. The van der Waals surface area contributed by atoms with E-state index in [9.17, 15) is 4.79 Å². The summed E-state index contributed by atoms with van der Waals surface area (Å²) in [6.07, 6.45) is 6.78.